The van der Waals surface area contributed by atoms with Gasteiger partial charge in [0.25, 0.3) is 0 Å². The summed E-state index contributed by atoms with van der Waals surface area (Å²) in [5, 5.41) is 24.2. The summed E-state index contributed by atoms with van der Waals surface area (Å²) in [6.45, 7) is 5.81. The van der Waals surface area contributed by atoms with Gasteiger partial charge in [-0.1, -0.05) is 0 Å². The standard InChI is InChI=1S/C14H30O8.CH3NO2/c15-1-3-17-5-7-19-9-11-21-13-14-22-12-10-20-8-6-18-4-2-16;2-1(3)4/h15-16H,1-14H2;2H2,(H,3,4). The molecular formula is C15H33NO10. The van der Waals surface area contributed by atoms with E-state index in [1.165, 1.54) is 0 Å². The quantitative estimate of drug-likeness (QED) is 0.196. The summed E-state index contributed by atoms with van der Waals surface area (Å²) >= 11 is 0. The molecule has 0 radical (unpaired) electrons. The van der Waals surface area contributed by atoms with Crippen molar-refractivity contribution < 1.29 is 48.5 Å². The predicted molar refractivity (Wildman–Crippen MR) is 91.3 cm³/mol. The van der Waals surface area contributed by atoms with Crippen LogP contribution < -0.4 is 5.73 Å². The first-order chi connectivity index (χ1) is 12.6. The van der Waals surface area contributed by atoms with E-state index >= 15 is 0 Å². The van der Waals surface area contributed by atoms with Gasteiger partial charge in [-0.2, -0.15) is 0 Å². The molecule has 158 valence electrons. The van der Waals surface area contributed by atoms with Gasteiger partial charge < -0.3 is 49.5 Å². The van der Waals surface area contributed by atoms with Crippen LogP contribution in [0.1, 0.15) is 0 Å². The van der Waals surface area contributed by atoms with Crippen LogP contribution in [0.4, 0.5) is 4.79 Å². The molecule has 0 fully saturated rings. The second-order valence-corrected chi connectivity index (χ2v) is 4.46. The molecule has 5 N–H and O–H groups in total. The Bertz CT molecular complexity index is 247. The third-order valence-corrected chi connectivity index (χ3v) is 2.33. The zero-order valence-electron chi connectivity index (χ0n) is 15.2. The lowest BCUT2D eigenvalue weighted by Crippen LogP contribution is -2.14. The highest BCUT2D eigenvalue weighted by Crippen LogP contribution is 1.84. The van der Waals surface area contributed by atoms with Gasteiger partial charge in [-0.3, -0.25) is 0 Å². The van der Waals surface area contributed by atoms with E-state index in [9.17, 15) is 0 Å². The zero-order chi connectivity index (χ0) is 19.7. The SMILES string of the molecule is NC(=O)O.OCCOCCOCCOCCOCCOCCOCCO. The maximum atomic E-state index is 8.78. The Labute approximate surface area is 153 Å². The number of rotatable bonds is 19. The normalized spacial score (nSPS) is 10.4. The number of hydrogen-bond acceptors (Lipinski definition) is 9. The Kier molecular flexibility index (Phi) is 27.4. The van der Waals surface area contributed by atoms with Crippen molar-refractivity contribution in [2.75, 3.05) is 92.5 Å². The van der Waals surface area contributed by atoms with Gasteiger partial charge in [-0.15, -0.1) is 0 Å². The van der Waals surface area contributed by atoms with Crippen LogP contribution in [0.2, 0.25) is 0 Å². The Balaban J connectivity index is 0. The number of nitrogens with two attached hydrogens (primary N) is 1. The van der Waals surface area contributed by atoms with Crippen molar-refractivity contribution in [1.82, 2.24) is 0 Å². The van der Waals surface area contributed by atoms with Crippen molar-refractivity contribution in [2.24, 2.45) is 5.73 Å². The van der Waals surface area contributed by atoms with Crippen LogP contribution in [-0.4, -0.2) is 114 Å². The second-order valence-electron chi connectivity index (χ2n) is 4.46. The number of amides is 1. The molecule has 0 rings (SSSR count). The molecule has 0 aromatic heterocycles. The fourth-order valence-corrected chi connectivity index (χ4v) is 1.33. The molecule has 0 unspecified atom stereocenters. The number of carbonyl (C=O) groups is 1. The minimum absolute atomic E-state index is 0.0334. The van der Waals surface area contributed by atoms with Gasteiger partial charge in [0.05, 0.1) is 92.5 Å². The predicted octanol–water partition coefficient (Wildman–Crippen LogP) is -1.31. The molecule has 0 atom stereocenters. The molecule has 0 aliphatic heterocycles. The number of ether oxygens (including phenoxy) is 6. The molecule has 0 heterocycles. The molecule has 11 nitrogen and oxygen atoms in total. The lowest BCUT2D eigenvalue weighted by atomic mass is 10.7. The third kappa shape index (κ3) is 34.3. The van der Waals surface area contributed by atoms with Crippen LogP contribution in [0.25, 0.3) is 0 Å². The van der Waals surface area contributed by atoms with Crippen molar-refractivity contribution in [3.05, 3.63) is 0 Å². The molecule has 0 aromatic rings. The largest absolute Gasteiger partial charge is 0.465 e. The van der Waals surface area contributed by atoms with Crippen LogP contribution in [0.15, 0.2) is 0 Å². The highest BCUT2D eigenvalue weighted by Gasteiger charge is 1.93. The molecule has 11 heteroatoms. The Morgan fingerprint density at radius 3 is 0.846 bits per heavy atom. The highest BCUT2D eigenvalue weighted by molar-refractivity contribution is 5.61. The van der Waals surface area contributed by atoms with E-state index in [-0.39, 0.29) is 13.2 Å². The summed E-state index contributed by atoms with van der Waals surface area (Å²) in [4.78, 5) is 8.78. The van der Waals surface area contributed by atoms with Crippen LogP contribution in [0.5, 0.6) is 0 Å². The Morgan fingerprint density at radius 1 is 0.538 bits per heavy atom. The zero-order valence-corrected chi connectivity index (χ0v) is 15.2. The fourth-order valence-electron chi connectivity index (χ4n) is 1.33. The summed E-state index contributed by atoms with van der Waals surface area (Å²) in [6, 6.07) is 0. The highest BCUT2D eigenvalue weighted by atomic mass is 16.6. The second kappa shape index (κ2) is 26.2. The van der Waals surface area contributed by atoms with E-state index in [0.717, 1.165) is 0 Å². The molecule has 0 aromatic carbocycles. The first kappa shape index (κ1) is 27.2. The van der Waals surface area contributed by atoms with Crippen LogP contribution in [-0.2, 0) is 28.4 Å². The number of carboxylic acid groups (broad SMARTS) is 1. The first-order valence-corrected chi connectivity index (χ1v) is 8.31. The third-order valence-electron chi connectivity index (χ3n) is 2.33. The first-order valence-electron chi connectivity index (χ1n) is 8.31. The van der Waals surface area contributed by atoms with Gasteiger partial charge in [0.1, 0.15) is 0 Å². The van der Waals surface area contributed by atoms with Gasteiger partial charge in [0, 0.05) is 0 Å². The fraction of sp³-hybridized carbons (Fsp3) is 0.933. The van der Waals surface area contributed by atoms with Crippen molar-refractivity contribution >= 4 is 6.09 Å². The molecule has 0 spiro atoms. The Hall–Kier alpha value is -1.05. The maximum absolute atomic E-state index is 8.78. The molecular weight excluding hydrogens is 354 g/mol. The van der Waals surface area contributed by atoms with Gasteiger partial charge in [-0.05, 0) is 0 Å². The monoisotopic (exact) mass is 387 g/mol. The average molecular weight is 387 g/mol. The van der Waals surface area contributed by atoms with Crippen molar-refractivity contribution in [2.45, 2.75) is 0 Å². The molecule has 26 heavy (non-hydrogen) atoms. The van der Waals surface area contributed by atoms with E-state index in [2.05, 4.69) is 5.73 Å². The summed E-state index contributed by atoms with van der Waals surface area (Å²) in [5.41, 5.74) is 4.03. The van der Waals surface area contributed by atoms with Crippen LogP contribution in [0.3, 0.4) is 0 Å². The lowest BCUT2D eigenvalue weighted by molar-refractivity contribution is -0.0194. The molecule has 0 saturated heterocycles. The van der Waals surface area contributed by atoms with Crippen molar-refractivity contribution in [3.8, 4) is 0 Å². The summed E-state index contributed by atoms with van der Waals surface area (Å²) in [5.74, 6) is 0. The Morgan fingerprint density at radius 2 is 0.692 bits per heavy atom. The van der Waals surface area contributed by atoms with E-state index in [1.54, 1.807) is 0 Å². The van der Waals surface area contributed by atoms with Crippen molar-refractivity contribution in [1.29, 1.82) is 0 Å². The number of hydrogen-bond donors (Lipinski definition) is 4. The average Bonchev–Trinajstić information content (AvgIpc) is 2.60. The van der Waals surface area contributed by atoms with Crippen molar-refractivity contribution in [3.63, 3.8) is 0 Å². The number of aliphatic hydroxyl groups excluding tert-OH is 2. The molecule has 0 aliphatic carbocycles. The summed E-state index contributed by atoms with van der Waals surface area (Å²) < 4.78 is 31.2. The minimum atomic E-state index is -1.33. The van der Waals surface area contributed by atoms with E-state index < -0.39 is 6.09 Å². The van der Waals surface area contributed by atoms with Gasteiger partial charge in [-0.25, -0.2) is 4.79 Å². The molecule has 1 amide bonds. The topological polar surface area (TPSA) is 159 Å². The summed E-state index contributed by atoms with van der Waals surface area (Å²) in [6.07, 6.45) is -1.33. The van der Waals surface area contributed by atoms with E-state index in [1.807, 2.05) is 0 Å². The lowest BCUT2D eigenvalue weighted by Gasteiger charge is -2.07. The van der Waals surface area contributed by atoms with Gasteiger partial charge in [0.2, 0.25) is 0 Å². The number of primary amides is 1. The van der Waals surface area contributed by atoms with Crippen LogP contribution >= 0.6 is 0 Å². The van der Waals surface area contributed by atoms with Gasteiger partial charge in [0.15, 0.2) is 0 Å². The summed E-state index contributed by atoms with van der Waals surface area (Å²) in [7, 11) is 0. The van der Waals surface area contributed by atoms with E-state index in [4.69, 9.17) is 48.5 Å². The molecule has 0 bridgehead atoms. The number of aliphatic hydroxyl groups is 2. The van der Waals surface area contributed by atoms with Crippen LogP contribution in [0, 0.1) is 0 Å². The minimum Gasteiger partial charge on any atom is -0.465 e. The molecule has 0 saturated carbocycles. The maximum Gasteiger partial charge on any atom is 0.402 e. The smallest absolute Gasteiger partial charge is 0.402 e. The van der Waals surface area contributed by atoms with Gasteiger partial charge >= 0.3 is 6.09 Å². The molecule has 0 aliphatic rings. The van der Waals surface area contributed by atoms with E-state index in [0.29, 0.717) is 79.3 Å².